The van der Waals surface area contributed by atoms with Crippen LogP contribution < -0.4 is 11.1 Å². The Bertz CT molecular complexity index is 394. The Morgan fingerprint density at radius 1 is 1.56 bits per heavy atom. The molecule has 0 bridgehead atoms. The molecular formula is C13H24N4O. The smallest absolute Gasteiger partial charge is 0.148 e. The number of nitrogens with two attached hydrogens (primary N) is 1. The topological polar surface area (TPSA) is 65.1 Å². The first kappa shape index (κ1) is 13.2. The number of nitrogens with one attached hydrogen (secondary N) is 1. The van der Waals surface area contributed by atoms with Gasteiger partial charge in [-0.05, 0) is 39.5 Å². The second-order valence-electron chi connectivity index (χ2n) is 5.35. The number of ether oxygens (including phenoxy) is 1. The molecule has 1 fully saturated rings. The van der Waals surface area contributed by atoms with Crippen molar-refractivity contribution in [3.63, 3.8) is 0 Å². The third-order valence-corrected chi connectivity index (χ3v) is 3.43. The number of hydrogen-bond donors (Lipinski definition) is 2. The molecule has 3 N–H and O–H groups in total. The Morgan fingerprint density at radius 2 is 2.33 bits per heavy atom. The van der Waals surface area contributed by atoms with Gasteiger partial charge in [0.25, 0.3) is 0 Å². The van der Waals surface area contributed by atoms with Crippen LogP contribution in [-0.4, -0.2) is 29.5 Å². The van der Waals surface area contributed by atoms with Crippen LogP contribution in [0.5, 0.6) is 0 Å². The van der Waals surface area contributed by atoms with Gasteiger partial charge in [0, 0.05) is 19.2 Å². The summed E-state index contributed by atoms with van der Waals surface area (Å²) in [4.78, 5) is 0. The molecule has 102 valence electrons. The van der Waals surface area contributed by atoms with Crippen LogP contribution in [0.2, 0.25) is 0 Å². The van der Waals surface area contributed by atoms with Crippen molar-refractivity contribution in [2.75, 3.05) is 30.8 Å². The van der Waals surface area contributed by atoms with Crippen molar-refractivity contribution in [3.05, 3.63) is 5.69 Å². The molecule has 1 aliphatic rings. The van der Waals surface area contributed by atoms with Crippen molar-refractivity contribution >= 4 is 11.5 Å². The van der Waals surface area contributed by atoms with Crippen LogP contribution >= 0.6 is 0 Å². The van der Waals surface area contributed by atoms with Gasteiger partial charge in [-0.1, -0.05) is 0 Å². The van der Waals surface area contributed by atoms with Gasteiger partial charge in [0.15, 0.2) is 0 Å². The van der Waals surface area contributed by atoms with E-state index in [1.807, 2.05) is 11.6 Å². The molecule has 2 heterocycles. The molecular weight excluding hydrogens is 228 g/mol. The maximum absolute atomic E-state index is 6.08. The molecule has 1 unspecified atom stereocenters. The summed E-state index contributed by atoms with van der Waals surface area (Å²) in [6.07, 6.45) is 2.38. The SMILES string of the molecule is Cc1nn(C(C)C)c(NCC2CCCOC2)c1N. The molecule has 18 heavy (non-hydrogen) atoms. The van der Waals surface area contributed by atoms with Crippen LogP contribution in [-0.2, 0) is 4.74 Å². The van der Waals surface area contributed by atoms with Gasteiger partial charge in [-0.25, -0.2) is 4.68 Å². The molecule has 0 aliphatic carbocycles. The normalized spacial score (nSPS) is 20.3. The quantitative estimate of drug-likeness (QED) is 0.862. The highest BCUT2D eigenvalue weighted by atomic mass is 16.5. The molecule has 0 saturated carbocycles. The van der Waals surface area contributed by atoms with Crippen molar-refractivity contribution in [1.29, 1.82) is 0 Å². The lowest BCUT2D eigenvalue weighted by molar-refractivity contribution is 0.0594. The lowest BCUT2D eigenvalue weighted by Crippen LogP contribution is -2.25. The fourth-order valence-corrected chi connectivity index (χ4v) is 2.32. The zero-order chi connectivity index (χ0) is 13.1. The summed E-state index contributed by atoms with van der Waals surface area (Å²) < 4.78 is 7.46. The van der Waals surface area contributed by atoms with E-state index in [9.17, 15) is 0 Å². The van der Waals surface area contributed by atoms with Crippen molar-refractivity contribution < 1.29 is 4.74 Å². The largest absolute Gasteiger partial charge is 0.394 e. The van der Waals surface area contributed by atoms with Crippen LogP contribution in [0.1, 0.15) is 38.4 Å². The van der Waals surface area contributed by atoms with E-state index in [-0.39, 0.29) is 0 Å². The number of anilines is 2. The predicted molar refractivity (Wildman–Crippen MR) is 73.8 cm³/mol. The number of nitrogens with zero attached hydrogens (tertiary/aromatic N) is 2. The molecule has 1 atom stereocenters. The zero-order valence-electron chi connectivity index (χ0n) is 11.6. The first-order valence-electron chi connectivity index (χ1n) is 6.75. The molecule has 5 heteroatoms. The molecule has 1 saturated heterocycles. The van der Waals surface area contributed by atoms with Crippen molar-refractivity contribution in [1.82, 2.24) is 9.78 Å². The number of hydrogen-bond acceptors (Lipinski definition) is 4. The maximum atomic E-state index is 6.08. The number of rotatable bonds is 4. The monoisotopic (exact) mass is 252 g/mol. The lowest BCUT2D eigenvalue weighted by Gasteiger charge is -2.23. The molecule has 0 radical (unpaired) electrons. The minimum absolute atomic E-state index is 0.311. The summed E-state index contributed by atoms with van der Waals surface area (Å²) in [7, 11) is 0. The third kappa shape index (κ3) is 2.77. The van der Waals surface area contributed by atoms with E-state index < -0.39 is 0 Å². The Hall–Kier alpha value is -1.23. The fourth-order valence-electron chi connectivity index (χ4n) is 2.32. The summed E-state index contributed by atoms with van der Waals surface area (Å²) in [5, 5.41) is 7.92. The maximum Gasteiger partial charge on any atom is 0.148 e. The summed E-state index contributed by atoms with van der Waals surface area (Å²) in [6.45, 7) is 8.83. The average molecular weight is 252 g/mol. The number of nitrogen functional groups attached to an aromatic ring is 1. The molecule has 5 nitrogen and oxygen atoms in total. The highest BCUT2D eigenvalue weighted by molar-refractivity contribution is 5.64. The fraction of sp³-hybridized carbons (Fsp3) is 0.769. The minimum Gasteiger partial charge on any atom is -0.394 e. The Labute approximate surface area is 109 Å². The summed E-state index contributed by atoms with van der Waals surface area (Å²) in [5.74, 6) is 1.53. The minimum atomic E-state index is 0.311. The number of aromatic nitrogens is 2. The zero-order valence-corrected chi connectivity index (χ0v) is 11.6. The van der Waals surface area contributed by atoms with Gasteiger partial charge in [0.1, 0.15) is 5.82 Å². The van der Waals surface area contributed by atoms with Gasteiger partial charge < -0.3 is 15.8 Å². The van der Waals surface area contributed by atoms with E-state index >= 15 is 0 Å². The van der Waals surface area contributed by atoms with E-state index in [2.05, 4.69) is 24.3 Å². The second-order valence-corrected chi connectivity index (χ2v) is 5.35. The Morgan fingerprint density at radius 3 is 2.94 bits per heavy atom. The molecule has 1 aromatic heterocycles. The van der Waals surface area contributed by atoms with Crippen LogP contribution in [0.4, 0.5) is 11.5 Å². The van der Waals surface area contributed by atoms with Gasteiger partial charge in [-0.2, -0.15) is 5.10 Å². The first-order chi connectivity index (χ1) is 8.59. The third-order valence-electron chi connectivity index (χ3n) is 3.43. The van der Waals surface area contributed by atoms with Crippen LogP contribution in [0.25, 0.3) is 0 Å². The van der Waals surface area contributed by atoms with Crippen LogP contribution in [0, 0.1) is 12.8 Å². The van der Waals surface area contributed by atoms with Gasteiger partial charge >= 0.3 is 0 Å². The van der Waals surface area contributed by atoms with Gasteiger partial charge in [-0.3, -0.25) is 0 Å². The van der Waals surface area contributed by atoms with Gasteiger partial charge in [0.2, 0.25) is 0 Å². The molecule has 0 aromatic carbocycles. The average Bonchev–Trinajstić information content (AvgIpc) is 2.65. The van der Waals surface area contributed by atoms with Gasteiger partial charge in [0.05, 0.1) is 18.0 Å². The molecule has 1 aliphatic heterocycles. The Kier molecular flexibility index (Phi) is 4.11. The number of aryl methyl sites for hydroxylation is 1. The summed E-state index contributed by atoms with van der Waals surface area (Å²) in [5.41, 5.74) is 7.74. The van der Waals surface area contributed by atoms with Crippen molar-refractivity contribution in [3.8, 4) is 0 Å². The van der Waals surface area contributed by atoms with E-state index in [4.69, 9.17) is 10.5 Å². The van der Waals surface area contributed by atoms with Crippen LogP contribution in [0.15, 0.2) is 0 Å². The summed E-state index contributed by atoms with van der Waals surface area (Å²) >= 11 is 0. The van der Waals surface area contributed by atoms with E-state index in [0.717, 1.165) is 43.4 Å². The van der Waals surface area contributed by atoms with Crippen molar-refractivity contribution in [2.45, 2.75) is 39.7 Å². The highest BCUT2D eigenvalue weighted by Gasteiger charge is 2.18. The molecule has 1 aromatic rings. The molecule has 2 rings (SSSR count). The lowest BCUT2D eigenvalue weighted by atomic mass is 10.0. The van der Waals surface area contributed by atoms with E-state index in [0.29, 0.717) is 12.0 Å². The molecule has 0 spiro atoms. The second kappa shape index (κ2) is 5.61. The van der Waals surface area contributed by atoms with E-state index in [1.54, 1.807) is 0 Å². The van der Waals surface area contributed by atoms with Crippen molar-refractivity contribution in [2.24, 2.45) is 5.92 Å². The van der Waals surface area contributed by atoms with Crippen LogP contribution in [0.3, 0.4) is 0 Å². The first-order valence-corrected chi connectivity index (χ1v) is 6.75. The van der Waals surface area contributed by atoms with E-state index in [1.165, 1.54) is 6.42 Å². The summed E-state index contributed by atoms with van der Waals surface area (Å²) in [6, 6.07) is 0.311. The van der Waals surface area contributed by atoms with Gasteiger partial charge in [-0.15, -0.1) is 0 Å². The highest BCUT2D eigenvalue weighted by Crippen LogP contribution is 2.26. The Balaban J connectivity index is 2.03. The standard InChI is InChI=1S/C13H24N4O/c1-9(2)17-13(12(14)10(3)16-17)15-7-11-5-4-6-18-8-11/h9,11,15H,4-8,14H2,1-3H3. The predicted octanol–water partition coefficient (Wildman–Crippen LogP) is 2.19. The molecule has 0 amide bonds.